The minimum absolute atomic E-state index is 0.142. The summed E-state index contributed by atoms with van der Waals surface area (Å²) >= 11 is 3.11. The Labute approximate surface area is 95.3 Å². The highest BCUT2D eigenvalue weighted by Gasteiger charge is 2.18. The average molecular weight is 277 g/mol. The third-order valence-electron chi connectivity index (χ3n) is 1.88. The first kappa shape index (κ1) is 12.0. The van der Waals surface area contributed by atoms with Crippen LogP contribution in [0.15, 0.2) is 18.2 Å². The molecule has 0 aromatic heterocycles. The number of ether oxygens (including phenoxy) is 2. The largest absolute Gasteiger partial charge is 0.494 e. The number of esters is 1. The molecular weight excluding hydrogens is 267 g/mol. The Bertz CT molecular complexity index is 368. The molecule has 0 saturated heterocycles. The van der Waals surface area contributed by atoms with Gasteiger partial charge in [0.25, 0.3) is 0 Å². The maximum atomic E-state index is 13.3. The van der Waals surface area contributed by atoms with Crippen molar-refractivity contribution in [2.24, 2.45) is 0 Å². The fourth-order valence-electron chi connectivity index (χ4n) is 1.08. The number of alkyl halides is 1. The SMILES string of the molecule is COC(=O)[C@H](Br)c1ccc(OC)c(F)c1. The van der Waals surface area contributed by atoms with Gasteiger partial charge in [-0.3, -0.25) is 4.79 Å². The van der Waals surface area contributed by atoms with Crippen molar-refractivity contribution in [1.29, 1.82) is 0 Å². The van der Waals surface area contributed by atoms with Crippen molar-refractivity contribution >= 4 is 21.9 Å². The van der Waals surface area contributed by atoms with E-state index in [1.54, 1.807) is 6.07 Å². The van der Waals surface area contributed by atoms with Gasteiger partial charge in [0.15, 0.2) is 11.6 Å². The predicted octanol–water partition coefficient (Wildman–Crippen LogP) is 2.44. The molecule has 0 aliphatic rings. The van der Waals surface area contributed by atoms with Crippen molar-refractivity contribution < 1.29 is 18.7 Å². The number of halogens is 2. The maximum Gasteiger partial charge on any atom is 0.324 e. The molecule has 0 aliphatic heterocycles. The lowest BCUT2D eigenvalue weighted by Crippen LogP contribution is -2.08. The van der Waals surface area contributed by atoms with Crippen LogP contribution < -0.4 is 4.74 Å². The first-order valence-electron chi connectivity index (χ1n) is 4.15. The second-order valence-electron chi connectivity index (χ2n) is 2.78. The summed E-state index contributed by atoms with van der Waals surface area (Å²) in [6.45, 7) is 0. The molecule has 15 heavy (non-hydrogen) atoms. The third kappa shape index (κ3) is 2.68. The molecule has 0 unspecified atom stereocenters. The Morgan fingerprint density at radius 1 is 1.47 bits per heavy atom. The van der Waals surface area contributed by atoms with E-state index in [1.165, 1.54) is 26.4 Å². The van der Waals surface area contributed by atoms with Gasteiger partial charge >= 0.3 is 5.97 Å². The van der Waals surface area contributed by atoms with Crippen molar-refractivity contribution in [3.63, 3.8) is 0 Å². The molecule has 5 heteroatoms. The normalized spacial score (nSPS) is 12.0. The molecule has 0 N–H and O–H groups in total. The van der Waals surface area contributed by atoms with Gasteiger partial charge in [-0.15, -0.1) is 0 Å². The molecule has 1 aromatic rings. The molecule has 82 valence electrons. The zero-order valence-corrected chi connectivity index (χ0v) is 9.88. The average Bonchev–Trinajstić information content (AvgIpc) is 2.26. The van der Waals surface area contributed by atoms with Crippen molar-refractivity contribution in [2.75, 3.05) is 14.2 Å². The summed E-state index contributed by atoms with van der Waals surface area (Å²) in [5.74, 6) is -0.841. The van der Waals surface area contributed by atoms with Crippen LogP contribution in [0.5, 0.6) is 5.75 Å². The Kier molecular flexibility index (Phi) is 4.08. The molecule has 0 heterocycles. The van der Waals surface area contributed by atoms with Crippen LogP contribution in [0.4, 0.5) is 4.39 Å². The van der Waals surface area contributed by atoms with E-state index in [1.807, 2.05) is 0 Å². The van der Waals surface area contributed by atoms with Gasteiger partial charge in [0, 0.05) is 0 Å². The van der Waals surface area contributed by atoms with E-state index in [0.717, 1.165) is 0 Å². The van der Waals surface area contributed by atoms with Crippen LogP contribution in [0.2, 0.25) is 0 Å². The van der Waals surface area contributed by atoms with Crippen LogP contribution in [-0.2, 0) is 9.53 Å². The van der Waals surface area contributed by atoms with Crippen LogP contribution in [-0.4, -0.2) is 20.2 Å². The number of carbonyl (C=O) groups excluding carboxylic acids is 1. The van der Waals surface area contributed by atoms with Crippen molar-refractivity contribution in [1.82, 2.24) is 0 Å². The molecule has 0 saturated carbocycles. The summed E-state index contributed by atoms with van der Waals surface area (Å²) < 4.78 is 22.6. The molecule has 0 spiro atoms. The summed E-state index contributed by atoms with van der Waals surface area (Å²) in [4.78, 5) is 10.5. The van der Waals surface area contributed by atoms with Crippen LogP contribution in [0.25, 0.3) is 0 Å². The van der Waals surface area contributed by atoms with E-state index in [-0.39, 0.29) is 5.75 Å². The van der Waals surface area contributed by atoms with E-state index in [9.17, 15) is 9.18 Å². The Balaban J connectivity index is 2.97. The first-order chi connectivity index (χ1) is 7.10. The second-order valence-corrected chi connectivity index (χ2v) is 3.70. The first-order valence-corrected chi connectivity index (χ1v) is 5.07. The van der Waals surface area contributed by atoms with Crippen LogP contribution in [0, 0.1) is 5.82 Å². The van der Waals surface area contributed by atoms with Crippen LogP contribution in [0.1, 0.15) is 10.4 Å². The van der Waals surface area contributed by atoms with E-state index >= 15 is 0 Å². The van der Waals surface area contributed by atoms with Crippen molar-refractivity contribution in [3.05, 3.63) is 29.6 Å². The number of carbonyl (C=O) groups is 1. The summed E-state index contributed by atoms with van der Waals surface area (Å²) in [5.41, 5.74) is 0.486. The zero-order chi connectivity index (χ0) is 11.4. The quantitative estimate of drug-likeness (QED) is 0.629. The highest BCUT2D eigenvalue weighted by Crippen LogP contribution is 2.27. The fourth-order valence-corrected chi connectivity index (χ4v) is 1.55. The molecule has 0 radical (unpaired) electrons. The molecular formula is C10H10BrFO3. The summed E-state index contributed by atoms with van der Waals surface area (Å²) in [6.07, 6.45) is 0. The standard InChI is InChI=1S/C10H10BrFO3/c1-14-8-4-3-6(5-7(8)12)9(11)10(13)15-2/h3-5,9H,1-2H3/t9-/m1/s1. The van der Waals surface area contributed by atoms with Gasteiger partial charge in [-0.1, -0.05) is 22.0 Å². The van der Waals surface area contributed by atoms with Gasteiger partial charge in [-0.05, 0) is 17.7 Å². The number of hydrogen-bond donors (Lipinski definition) is 0. The Morgan fingerprint density at radius 3 is 2.60 bits per heavy atom. The summed E-state index contributed by atoms with van der Waals surface area (Å²) in [7, 11) is 2.65. The Morgan fingerprint density at radius 2 is 2.13 bits per heavy atom. The Hall–Kier alpha value is -1.10. The lowest BCUT2D eigenvalue weighted by molar-refractivity contribution is -0.139. The van der Waals surface area contributed by atoms with Gasteiger partial charge in [-0.2, -0.15) is 0 Å². The molecule has 1 atom stereocenters. The number of hydrogen-bond acceptors (Lipinski definition) is 3. The minimum Gasteiger partial charge on any atom is -0.494 e. The maximum absolute atomic E-state index is 13.3. The van der Waals surface area contributed by atoms with Crippen molar-refractivity contribution in [2.45, 2.75) is 4.83 Å². The number of methoxy groups -OCH3 is 2. The van der Waals surface area contributed by atoms with E-state index in [0.29, 0.717) is 5.56 Å². The zero-order valence-electron chi connectivity index (χ0n) is 8.29. The summed E-state index contributed by atoms with van der Waals surface area (Å²) in [6, 6.07) is 4.29. The van der Waals surface area contributed by atoms with Gasteiger partial charge in [0.05, 0.1) is 14.2 Å². The second kappa shape index (κ2) is 5.11. The monoisotopic (exact) mass is 276 g/mol. The van der Waals surface area contributed by atoms with Crippen LogP contribution in [0.3, 0.4) is 0 Å². The highest BCUT2D eigenvalue weighted by atomic mass is 79.9. The number of rotatable bonds is 3. The smallest absolute Gasteiger partial charge is 0.324 e. The molecule has 3 nitrogen and oxygen atoms in total. The van der Waals surface area contributed by atoms with E-state index < -0.39 is 16.6 Å². The molecule has 1 aromatic carbocycles. The molecule has 0 aliphatic carbocycles. The minimum atomic E-state index is -0.664. The highest BCUT2D eigenvalue weighted by molar-refractivity contribution is 9.09. The lowest BCUT2D eigenvalue weighted by atomic mass is 10.1. The summed E-state index contributed by atoms with van der Waals surface area (Å²) in [5, 5.41) is 0. The fraction of sp³-hybridized carbons (Fsp3) is 0.300. The topological polar surface area (TPSA) is 35.5 Å². The molecule has 0 amide bonds. The number of benzene rings is 1. The van der Waals surface area contributed by atoms with Gasteiger partial charge in [0.1, 0.15) is 4.83 Å². The van der Waals surface area contributed by atoms with Crippen LogP contribution >= 0.6 is 15.9 Å². The third-order valence-corrected chi connectivity index (χ3v) is 2.78. The van der Waals surface area contributed by atoms with Gasteiger partial charge in [0.2, 0.25) is 0 Å². The van der Waals surface area contributed by atoms with Gasteiger partial charge < -0.3 is 9.47 Å². The van der Waals surface area contributed by atoms with E-state index in [4.69, 9.17) is 4.74 Å². The molecule has 0 fully saturated rings. The van der Waals surface area contributed by atoms with E-state index in [2.05, 4.69) is 20.7 Å². The molecule has 1 rings (SSSR count). The lowest BCUT2D eigenvalue weighted by Gasteiger charge is -2.09. The predicted molar refractivity (Wildman–Crippen MR) is 56.6 cm³/mol. The molecule has 0 bridgehead atoms. The van der Waals surface area contributed by atoms with Crippen molar-refractivity contribution in [3.8, 4) is 5.75 Å². The van der Waals surface area contributed by atoms with Gasteiger partial charge in [-0.25, -0.2) is 4.39 Å².